The lowest BCUT2D eigenvalue weighted by molar-refractivity contribution is -0.123. The van der Waals surface area contributed by atoms with Crippen LogP contribution < -0.4 is 9.47 Å². The van der Waals surface area contributed by atoms with Gasteiger partial charge in [0.05, 0.1) is 22.9 Å². The number of hydrazone groups is 1. The molecule has 3 aromatic carbocycles. The SMILES string of the molecule is COc1cc(/C=C2/C(=O)N(C(=O)c3ccccc3)N=C2C)cc(Br)c1OCc1ccc(Cl)cc1. The Balaban J connectivity index is 1.57. The van der Waals surface area contributed by atoms with Crippen molar-refractivity contribution >= 4 is 51.1 Å². The first kappa shape index (κ1) is 23.7. The quantitative estimate of drug-likeness (QED) is 0.279. The van der Waals surface area contributed by atoms with E-state index in [0.717, 1.165) is 10.6 Å². The van der Waals surface area contributed by atoms with Gasteiger partial charge in [0.15, 0.2) is 11.5 Å². The van der Waals surface area contributed by atoms with E-state index in [-0.39, 0.29) is 0 Å². The summed E-state index contributed by atoms with van der Waals surface area (Å²) in [5, 5.41) is 5.73. The van der Waals surface area contributed by atoms with Crippen molar-refractivity contribution in [3.05, 3.63) is 98.5 Å². The van der Waals surface area contributed by atoms with E-state index in [2.05, 4.69) is 21.0 Å². The van der Waals surface area contributed by atoms with Gasteiger partial charge in [-0.25, -0.2) is 0 Å². The summed E-state index contributed by atoms with van der Waals surface area (Å²) in [5.41, 5.74) is 2.81. The molecule has 0 fully saturated rings. The zero-order chi connectivity index (χ0) is 24.2. The zero-order valence-corrected chi connectivity index (χ0v) is 20.8. The first-order valence-corrected chi connectivity index (χ1v) is 11.5. The van der Waals surface area contributed by atoms with Gasteiger partial charge in [-0.1, -0.05) is 41.9 Å². The number of hydrogen-bond donors (Lipinski definition) is 0. The third kappa shape index (κ3) is 5.05. The van der Waals surface area contributed by atoms with E-state index in [0.29, 0.717) is 50.0 Å². The number of nitrogens with zero attached hydrogens (tertiary/aromatic N) is 2. The minimum atomic E-state index is -0.482. The lowest BCUT2D eigenvalue weighted by Crippen LogP contribution is -2.29. The average molecular weight is 540 g/mol. The lowest BCUT2D eigenvalue weighted by Gasteiger charge is -2.14. The predicted octanol–water partition coefficient (Wildman–Crippen LogP) is 6.13. The van der Waals surface area contributed by atoms with Gasteiger partial charge in [0.2, 0.25) is 0 Å². The average Bonchev–Trinajstić information content (AvgIpc) is 3.12. The van der Waals surface area contributed by atoms with Crippen molar-refractivity contribution in [1.29, 1.82) is 0 Å². The molecule has 1 aliphatic heterocycles. The monoisotopic (exact) mass is 538 g/mol. The molecule has 0 bridgehead atoms. The second kappa shape index (κ2) is 10.2. The molecule has 34 heavy (non-hydrogen) atoms. The molecule has 0 unspecified atom stereocenters. The van der Waals surface area contributed by atoms with Crippen LogP contribution in [0.5, 0.6) is 11.5 Å². The van der Waals surface area contributed by atoms with E-state index in [1.165, 1.54) is 0 Å². The number of hydrogen-bond acceptors (Lipinski definition) is 5. The fourth-order valence-corrected chi connectivity index (χ4v) is 4.09. The molecule has 1 aliphatic rings. The Morgan fingerprint density at radius 1 is 1.12 bits per heavy atom. The highest BCUT2D eigenvalue weighted by Crippen LogP contribution is 2.38. The molecule has 0 spiro atoms. The molecule has 0 aromatic heterocycles. The Hall–Kier alpha value is -3.42. The lowest BCUT2D eigenvalue weighted by atomic mass is 10.1. The number of benzene rings is 3. The topological polar surface area (TPSA) is 68.2 Å². The van der Waals surface area contributed by atoms with Crippen LogP contribution in [-0.4, -0.2) is 29.6 Å². The van der Waals surface area contributed by atoms with Crippen molar-refractivity contribution in [2.45, 2.75) is 13.5 Å². The summed E-state index contributed by atoms with van der Waals surface area (Å²) < 4.78 is 12.2. The smallest absolute Gasteiger partial charge is 0.283 e. The number of carbonyl (C=O) groups excluding carboxylic acids is 2. The van der Waals surface area contributed by atoms with Gasteiger partial charge in [-0.05, 0) is 76.5 Å². The standard InChI is InChI=1S/C26H20BrClN2O4/c1-16-21(26(32)30(29-16)25(31)19-6-4-3-5-7-19)12-18-13-22(27)24(23(14-18)33-2)34-15-17-8-10-20(28)11-9-17/h3-14H,15H2,1-2H3/b21-12+. The van der Waals surface area contributed by atoms with Gasteiger partial charge in [-0.3, -0.25) is 9.59 Å². The van der Waals surface area contributed by atoms with Crippen LogP contribution in [0.3, 0.4) is 0 Å². The number of methoxy groups -OCH3 is 1. The van der Waals surface area contributed by atoms with Gasteiger partial charge in [0, 0.05) is 10.6 Å². The highest BCUT2D eigenvalue weighted by molar-refractivity contribution is 9.10. The Labute approximate surface area is 210 Å². The van der Waals surface area contributed by atoms with Gasteiger partial charge in [0.25, 0.3) is 11.8 Å². The fraction of sp³-hybridized carbons (Fsp3) is 0.115. The van der Waals surface area contributed by atoms with E-state index in [4.69, 9.17) is 21.1 Å². The number of imide groups is 1. The minimum Gasteiger partial charge on any atom is -0.493 e. The molecule has 172 valence electrons. The van der Waals surface area contributed by atoms with Crippen molar-refractivity contribution in [2.75, 3.05) is 7.11 Å². The summed E-state index contributed by atoms with van der Waals surface area (Å²) >= 11 is 9.47. The van der Waals surface area contributed by atoms with Crippen molar-refractivity contribution in [3.63, 3.8) is 0 Å². The summed E-state index contributed by atoms with van der Waals surface area (Å²) in [4.78, 5) is 25.7. The summed E-state index contributed by atoms with van der Waals surface area (Å²) in [6.45, 7) is 2.02. The number of amides is 2. The maximum atomic E-state index is 13.0. The molecule has 0 aliphatic carbocycles. The van der Waals surface area contributed by atoms with Crippen LogP contribution in [0.15, 0.2) is 81.9 Å². The van der Waals surface area contributed by atoms with Gasteiger partial charge in [0.1, 0.15) is 6.61 Å². The predicted molar refractivity (Wildman–Crippen MR) is 135 cm³/mol. The molecule has 0 radical (unpaired) electrons. The maximum Gasteiger partial charge on any atom is 0.283 e. The first-order chi connectivity index (χ1) is 16.4. The van der Waals surface area contributed by atoms with Crippen LogP contribution in [-0.2, 0) is 11.4 Å². The molecule has 0 saturated heterocycles. The third-order valence-corrected chi connectivity index (χ3v) is 5.98. The Bertz CT molecular complexity index is 1300. The van der Waals surface area contributed by atoms with Gasteiger partial charge in [-0.15, -0.1) is 0 Å². The zero-order valence-electron chi connectivity index (χ0n) is 18.4. The number of halogens is 2. The molecular weight excluding hydrogens is 520 g/mol. The molecule has 1 heterocycles. The van der Waals surface area contributed by atoms with Gasteiger partial charge < -0.3 is 9.47 Å². The summed E-state index contributed by atoms with van der Waals surface area (Å²) in [6, 6.07) is 19.5. The van der Waals surface area contributed by atoms with Crippen LogP contribution in [0.4, 0.5) is 0 Å². The highest BCUT2D eigenvalue weighted by Gasteiger charge is 2.33. The second-order valence-electron chi connectivity index (χ2n) is 7.48. The van der Waals surface area contributed by atoms with Crippen molar-refractivity contribution in [1.82, 2.24) is 5.01 Å². The van der Waals surface area contributed by atoms with E-state index in [1.807, 2.05) is 18.2 Å². The molecule has 0 atom stereocenters. The first-order valence-electron chi connectivity index (χ1n) is 10.3. The van der Waals surface area contributed by atoms with Crippen LogP contribution in [0.1, 0.15) is 28.4 Å². The van der Waals surface area contributed by atoms with Crippen molar-refractivity contribution in [2.24, 2.45) is 5.10 Å². The van der Waals surface area contributed by atoms with E-state index in [1.54, 1.807) is 68.6 Å². The number of carbonyl (C=O) groups is 2. The molecule has 4 rings (SSSR count). The molecule has 8 heteroatoms. The summed E-state index contributed by atoms with van der Waals surface area (Å²) in [5.74, 6) is 0.0682. The van der Waals surface area contributed by atoms with E-state index < -0.39 is 11.8 Å². The largest absolute Gasteiger partial charge is 0.493 e. The number of rotatable bonds is 6. The molecule has 6 nitrogen and oxygen atoms in total. The normalized spacial score (nSPS) is 14.4. The van der Waals surface area contributed by atoms with Crippen LogP contribution in [0, 0.1) is 0 Å². The summed E-state index contributed by atoms with van der Waals surface area (Å²) in [7, 11) is 1.54. The molecular formula is C26H20BrClN2O4. The van der Waals surface area contributed by atoms with E-state index in [9.17, 15) is 9.59 Å². The Morgan fingerprint density at radius 2 is 1.82 bits per heavy atom. The second-order valence-corrected chi connectivity index (χ2v) is 8.77. The van der Waals surface area contributed by atoms with Crippen molar-refractivity contribution in [3.8, 4) is 11.5 Å². The Kier molecular flexibility index (Phi) is 7.14. The molecule has 0 N–H and O–H groups in total. The fourth-order valence-electron chi connectivity index (χ4n) is 3.39. The highest BCUT2D eigenvalue weighted by atomic mass is 79.9. The summed E-state index contributed by atoms with van der Waals surface area (Å²) in [6.07, 6.45) is 1.68. The maximum absolute atomic E-state index is 13.0. The van der Waals surface area contributed by atoms with Crippen LogP contribution in [0.25, 0.3) is 6.08 Å². The number of ether oxygens (including phenoxy) is 2. The van der Waals surface area contributed by atoms with Crippen LogP contribution in [0.2, 0.25) is 5.02 Å². The van der Waals surface area contributed by atoms with Gasteiger partial charge in [-0.2, -0.15) is 10.1 Å². The molecule has 3 aromatic rings. The minimum absolute atomic E-state index is 0.327. The van der Waals surface area contributed by atoms with Gasteiger partial charge >= 0.3 is 0 Å². The Morgan fingerprint density at radius 3 is 2.50 bits per heavy atom. The van der Waals surface area contributed by atoms with Crippen molar-refractivity contribution < 1.29 is 19.1 Å². The van der Waals surface area contributed by atoms with E-state index >= 15 is 0 Å². The van der Waals surface area contributed by atoms with Crippen LogP contribution >= 0.6 is 27.5 Å². The molecule has 0 saturated carbocycles. The third-order valence-electron chi connectivity index (χ3n) is 5.13. The molecule has 2 amide bonds.